The summed E-state index contributed by atoms with van der Waals surface area (Å²) < 4.78 is 19.7. The van der Waals surface area contributed by atoms with Crippen LogP contribution in [0.4, 0.5) is 10.1 Å². The van der Waals surface area contributed by atoms with Crippen molar-refractivity contribution in [1.82, 2.24) is 4.90 Å². The molecule has 2 aliphatic heterocycles. The molecular weight excluding hydrogens is 619 g/mol. The highest BCUT2D eigenvalue weighted by Crippen LogP contribution is 2.65. The first-order chi connectivity index (χ1) is 21.9. The number of methoxy groups -OCH3 is 1. The Bertz CT molecular complexity index is 1690. The Balaban J connectivity index is 1.42. The van der Waals surface area contributed by atoms with Gasteiger partial charge in [-0.15, -0.1) is 0 Å². The number of fused-ring (bicyclic) bond motifs is 4. The van der Waals surface area contributed by atoms with Gasteiger partial charge in [0.1, 0.15) is 17.3 Å². The van der Waals surface area contributed by atoms with E-state index in [2.05, 4.69) is 0 Å². The zero-order valence-corrected chi connectivity index (χ0v) is 26.1. The molecule has 2 aromatic rings. The number of unbranched alkanes of at least 4 members (excludes halogenated alkanes) is 2. The zero-order chi connectivity index (χ0) is 33.1. The number of carbonyl (C=O) groups is 5. The van der Waals surface area contributed by atoms with Crippen LogP contribution in [0.15, 0.2) is 48.0 Å². The second-order valence-corrected chi connectivity index (χ2v) is 13.1. The lowest BCUT2D eigenvalue weighted by atomic mass is 9.51. The minimum absolute atomic E-state index is 0.00767. The smallest absolute Gasteiger partial charge is 0.303 e. The van der Waals surface area contributed by atoms with Crippen LogP contribution in [0.5, 0.6) is 11.5 Å². The molecule has 2 aliphatic carbocycles. The van der Waals surface area contributed by atoms with E-state index in [0.717, 1.165) is 11.0 Å². The lowest BCUT2D eigenvalue weighted by molar-refractivity contribution is -0.141. The van der Waals surface area contributed by atoms with Crippen molar-refractivity contribution in [3.8, 4) is 11.5 Å². The lowest BCUT2D eigenvalue weighted by Crippen LogP contribution is -2.49. The zero-order valence-electron chi connectivity index (χ0n) is 25.4. The maximum Gasteiger partial charge on any atom is 0.303 e. The molecule has 242 valence electrons. The van der Waals surface area contributed by atoms with Gasteiger partial charge in [0.25, 0.3) is 0 Å². The number of nitrogens with zero attached hydrogens (tertiary/aromatic N) is 2. The van der Waals surface area contributed by atoms with Gasteiger partial charge in [0, 0.05) is 24.4 Å². The molecule has 2 heterocycles. The highest BCUT2D eigenvalue weighted by Gasteiger charge is 2.68. The van der Waals surface area contributed by atoms with Crippen molar-refractivity contribution < 1.29 is 43.3 Å². The molecule has 0 radical (unpaired) electrons. The summed E-state index contributed by atoms with van der Waals surface area (Å²) in [5, 5.41) is 19.9. The fraction of sp³-hybridized carbons (Fsp3) is 0.441. The molecule has 0 aromatic heterocycles. The van der Waals surface area contributed by atoms with E-state index in [1.165, 1.54) is 30.2 Å². The number of carboxylic acid groups (broad SMARTS) is 1. The van der Waals surface area contributed by atoms with E-state index < -0.39 is 58.6 Å². The molecule has 10 nitrogen and oxygen atoms in total. The molecule has 0 spiro atoms. The molecule has 12 heteroatoms. The number of hydrogen-bond donors (Lipinski definition) is 2. The predicted molar refractivity (Wildman–Crippen MR) is 164 cm³/mol. The third-order valence-electron chi connectivity index (χ3n) is 10.4. The molecule has 1 saturated carbocycles. The van der Waals surface area contributed by atoms with Crippen LogP contribution in [0.2, 0.25) is 5.02 Å². The number of likely N-dealkylation sites (tertiary alicyclic amines) is 1. The number of allylic oxidation sites excluding steroid dienone is 2. The number of imide groups is 2. The van der Waals surface area contributed by atoms with E-state index in [9.17, 15) is 33.5 Å². The Labute approximate surface area is 269 Å². The number of carbonyl (C=O) groups excluding carboxylic acids is 4. The summed E-state index contributed by atoms with van der Waals surface area (Å²) in [4.78, 5) is 69.4. The van der Waals surface area contributed by atoms with Crippen molar-refractivity contribution in [2.24, 2.45) is 29.1 Å². The molecule has 6 atom stereocenters. The van der Waals surface area contributed by atoms with Crippen molar-refractivity contribution in [2.75, 3.05) is 18.6 Å². The standard InChI is InChI=1S/C34H34ClFN2O8/c1-34-21(31(43)38(33(34)45)17-10-13-23(36)22(35)15-17)16-20-18(29(34)28-24(39)7-6-8-25(28)46-2)11-12-19-27(20)32(44)37(30(19)42)14-5-3-4-9-26(40)41/h6-8,10-11,13,15,19-21,27,29,39H,3-5,9,12,14,16H2,1-2H3,(H,40,41). The number of benzene rings is 2. The highest BCUT2D eigenvalue weighted by atomic mass is 35.5. The number of hydrogen-bond acceptors (Lipinski definition) is 7. The van der Waals surface area contributed by atoms with Gasteiger partial charge in [-0.25, -0.2) is 9.29 Å². The summed E-state index contributed by atoms with van der Waals surface area (Å²) in [6.07, 6.45) is 3.68. The maximum absolute atomic E-state index is 14.5. The van der Waals surface area contributed by atoms with E-state index in [4.69, 9.17) is 21.4 Å². The van der Waals surface area contributed by atoms with E-state index in [1.54, 1.807) is 19.1 Å². The Morgan fingerprint density at radius 2 is 1.83 bits per heavy atom. The van der Waals surface area contributed by atoms with Gasteiger partial charge < -0.3 is 14.9 Å². The molecule has 2 N–H and O–H groups in total. The molecule has 2 saturated heterocycles. The van der Waals surface area contributed by atoms with E-state index in [0.29, 0.717) is 36.1 Å². The Kier molecular flexibility index (Phi) is 8.16. The SMILES string of the molecule is COc1cccc(O)c1C1C2=CCC3C(=O)N(CCCCCC(=O)O)C(=O)C3C2CC2C(=O)N(c3ccc(F)c(Cl)c3)C(=O)C21C. The number of amides is 4. The minimum atomic E-state index is -1.44. The highest BCUT2D eigenvalue weighted by molar-refractivity contribution is 6.31. The summed E-state index contributed by atoms with van der Waals surface area (Å²) in [6.45, 7) is 1.84. The topological polar surface area (TPSA) is 142 Å². The molecule has 0 bridgehead atoms. The number of phenols is 1. The van der Waals surface area contributed by atoms with Crippen LogP contribution in [-0.2, 0) is 24.0 Å². The van der Waals surface area contributed by atoms with Crippen molar-refractivity contribution in [2.45, 2.75) is 51.4 Å². The number of carboxylic acids is 1. The molecule has 4 aliphatic rings. The van der Waals surface area contributed by atoms with Gasteiger partial charge in [-0.3, -0.25) is 28.9 Å². The predicted octanol–water partition coefficient (Wildman–Crippen LogP) is 5.07. The normalized spacial score (nSPS) is 28.6. The van der Waals surface area contributed by atoms with Crippen molar-refractivity contribution >= 4 is 46.9 Å². The van der Waals surface area contributed by atoms with E-state index in [1.807, 2.05) is 6.08 Å². The summed E-state index contributed by atoms with van der Waals surface area (Å²) >= 11 is 6.05. The fourth-order valence-electron chi connectivity index (χ4n) is 8.20. The molecule has 6 unspecified atom stereocenters. The van der Waals surface area contributed by atoms with Gasteiger partial charge >= 0.3 is 5.97 Å². The third kappa shape index (κ3) is 4.78. The Morgan fingerprint density at radius 1 is 1.07 bits per heavy atom. The molecule has 2 aromatic carbocycles. The maximum atomic E-state index is 14.5. The first-order valence-corrected chi connectivity index (χ1v) is 15.8. The van der Waals surface area contributed by atoms with Gasteiger partial charge in [0.05, 0.1) is 41.0 Å². The molecular formula is C34H34ClFN2O8. The van der Waals surface area contributed by atoms with Gasteiger partial charge in [0.15, 0.2) is 0 Å². The Morgan fingerprint density at radius 3 is 2.52 bits per heavy atom. The van der Waals surface area contributed by atoms with Crippen LogP contribution in [0.3, 0.4) is 0 Å². The minimum Gasteiger partial charge on any atom is -0.508 e. The Hall–Kier alpha value is -4.25. The van der Waals surface area contributed by atoms with Crippen molar-refractivity contribution in [3.63, 3.8) is 0 Å². The number of rotatable bonds is 9. The molecule has 4 amide bonds. The van der Waals surface area contributed by atoms with Gasteiger partial charge in [0.2, 0.25) is 23.6 Å². The third-order valence-corrected chi connectivity index (χ3v) is 10.6. The van der Waals surface area contributed by atoms with Crippen LogP contribution in [0, 0.1) is 34.9 Å². The largest absolute Gasteiger partial charge is 0.508 e. The number of aromatic hydroxyl groups is 1. The first-order valence-electron chi connectivity index (χ1n) is 15.4. The summed E-state index contributed by atoms with van der Waals surface area (Å²) in [7, 11) is 1.44. The second kappa shape index (κ2) is 11.8. The van der Waals surface area contributed by atoms with Gasteiger partial charge in [-0.2, -0.15) is 0 Å². The van der Waals surface area contributed by atoms with Gasteiger partial charge in [-0.05, 0) is 68.9 Å². The lowest BCUT2D eigenvalue weighted by Gasteiger charge is -2.49. The number of halogens is 2. The van der Waals surface area contributed by atoms with E-state index >= 15 is 0 Å². The van der Waals surface area contributed by atoms with Crippen molar-refractivity contribution in [3.05, 3.63) is 64.5 Å². The quantitative estimate of drug-likeness (QED) is 0.217. The summed E-state index contributed by atoms with van der Waals surface area (Å²) in [6, 6.07) is 8.34. The molecule has 46 heavy (non-hydrogen) atoms. The molecule has 6 rings (SSSR count). The number of phenolic OH excluding ortho intramolecular Hbond substituents is 1. The van der Waals surface area contributed by atoms with Crippen LogP contribution in [0.1, 0.15) is 56.9 Å². The first kappa shape index (κ1) is 31.7. The number of ether oxygens (including phenoxy) is 1. The van der Waals surface area contributed by atoms with Gasteiger partial charge in [-0.1, -0.05) is 35.7 Å². The number of anilines is 1. The average Bonchev–Trinajstić information content (AvgIpc) is 3.38. The van der Waals surface area contributed by atoms with Crippen LogP contribution < -0.4 is 9.64 Å². The van der Waals surface area contributed by atoms with E-state index in [-0.39, 0.29) is 54.1 Å². The average molecular weight is 653 g/mol. The van der Waals surface area contributed by atoms with Crippen LogP contribution in [0.25, 0.3) is 0 Å². The van der Waals surface area contributed by atoms with Crippen molar-refractivity contribution in [1.29, 1.82) is 0 Å². The van der Waals surface area contributed by atoms with Crippen LogP contribution in [-0.4, -0.2) is 58.4 Å². The molecule has 3 fully saturated rings. The summed E-state index contributed by atoms with van der Waals surface area (Å²) in [5.74, 6) is -7.05. The fourth-order valence-corrected chi connectivity index (χ4v) is 8.38. The second-order valence-electron chi connectivity index (χ2n) is 12.7. The monoisotopic (exact) mass is 652 g/mol. The summed E-state index contributed by atoms with van der Waals surface area (Å²) in [5.41, 5.74) is -0.339. The number of aliphatic carboxylic acids is 1. The van der Waals surface area contributed by atoms with Crippen LogP contribution >= 0.6 is 11.6 Å².